The molecule has 42 heavy (non-hydrogen) atoms. The number of ether oxygens (including phenoxy) is 2. The lowest BCUT2D eigenvalue weighted by Gasteiger charge is -2.21. The molecule has 2 aromatic carbocycles. The van der Waals surface area contributed by atoms with Crippen molar-refractivity contribution in [2.24, 2.45) is 21.5 Å². The summed E-state index contributed by atoms with van der Waals surface area (Å²) < 4.78 is 40.8. The maximum Gasteiger partial charge on any atom is 0.254 e. The third kappa shape index (κ3) is 5.19. The molecule has 0 spiro atoms. The number of hydrogen-bond acceptors (Lipinski definition) is 7. The van der Waals surface area contributed by atoms with Gasteiger partial charge in [-0.05, 0) is 50.6 Å². The predicted molar refractivity (Wildman–Crippen MR) is 155 cm³/mol. The second kappa shape index (κ2) is 11.5. The number of benzene rings is 2. The average molecular weight is 578 g/mol. The molecule has 0 aliphatic carbocycles. The fraction of sp³-hybridized carbons (Fsp3) is 0.387. The number of carbonyl (C=O) groups excluding carboxylic acids is 2. The minimum Gasteiger partial charge on any atom is -0.494 e. The van der Waals surface area contributed by atoms with Crippen LogP contribution in [0.3, 0.4) is 0 Å². The first-order valence-corrected chi connectivity index (χ1v) is 13.9. The fourth-order valence-electron chi connectivity index (χ4n) is 5.27. The van der Waals surface area contributed by atoms with Gasteiger partial charge in [-0.3, -0.25) is 9.59 Å². The van der Waals surface area contributed by atoms with Crippen molar-refractivity contribution in [2.75, 3.05) is 20.3 Å². The van der Waals surface area contributed by atoms with Crippen LogP contribution in [0.4, 0.5) is 8.78 Å². The molecule has 220 valence electrons. The van der Waals surface area contributed by atoms with Gasteiger partial charge in [-0.15, -0.1) is 0 Å². The number of nitrogens with one attached hydrogen (secondary N) is 1. The highest BCUT2D eigenvalue weighted by Gasteiger charge is 2.44. The van der Waals surface area contributed by atoms with E-state index in [9.17, 15) is 18.4 Å². The van der Waals surface area contributed by atoms with Gasteiger partial charge in [0.05, 0.1) is 30.6 Å². The van der Waals surface area contributed by atoms with Gasteiger partial charge in [0.15, 0.2) is 11.6 Å². The summed E-state index contributed by atoms with van der Waals surface area (Å²) in [6.45, 7) is 7.68. The third-order valence-corrected chi connectivity index (χ3v) is 7.65. The summed E-state index contributed by atoms with van der Waals surface area (Å²) in [4.78, 5) is 29.6. The molecule has 2 aliphatic heterocycles. The van der Waals surface area contributed by atoms with Crippen LogP contribution in [0.5, 0.6) is 11.5 Å². The van der Waals surface area contributed by atoms with Crippen LogP contribution >= 0.6 is 0 Å². The van der Waals surface area contributed by atoms with Crippen LogP contribution in [-0.4, -0.2) is 53.5 Å². The number of fused-ring (bicyclic) bond motifs is 1. The molecule has 1 unspecified atom stereocenters. The molecule has 0 radical (unpaired) electrons. The monoisotopic (exact) mass is 577 g/mol. The Morgan fingerprint density at radius 1 is 1.05 bits per heavy atom. The van der Waals surface area contributed by atoms with E-state index in [4.69, 9.17) is 19.6 Å². The molecule has 3 heterocycles. The van der Waals surface area contributed by atoms with E-state index >= 15 is 0 Å². The van der Waals surface area contributed by atoms with Crippen molar-refractivity contribution < 1.29 is 27.8 Å². The van der Waals surface area contributed by atoms with E-state index in [0.29, 0.717) is 23.4 Å². The highest BCUT2D eigenvalue weighted by Crippen LogP contribution is 2.37. The van der Waals surface area contributed by atoms with E-state index in [1.54, 1.807) is 14.0 Å². The van der Waals surface area contributed by atoms with Crippen molar-refractivity contribution in [1.29, 1.82) is 0 Å². The number of aromatic nitrogens is 1. The van der Waals surface area contributed by atoms with Crippen LogP contribution in [0.15, 0.2) is 46.6 Å². The molecule has 5 rings (SSSR count). The van der Waals surface area contributed by atoms with Crippen molar-refractivity contribution in [3.8, 4) is 11.5 Å². The van der Waals surface area contributed by atoms with E-state index in [-0.39, 0.29) is 54.3 Å². The number of rotatable bonds is 9. The van der Waals surface area contributed by atoms with Gasteiger partial charge in [0.2, 0.25) is 11.7 Å². The molecule has 9 nitrogen and oxygen atoms in total. The van der Waals surface area contributed by atoms with E-state index in [2.05, 4.69) is 10.5 Å². The predicted octanol–water partition coefficient (Wildman–Crippen LogP) is 4.99. The molecule has 0 fully saturated rings. The van der Waals surface area contributed by atoms with Gasteiger partial charge < -0.3 is 9.47 Å². The van der Waals surface area contributed by atoms with Gasteiger partial charge in [-0.1, -0.05) is 19.9 Å². The van der Waals surface area contributed by atoms with E-state index in [0.717, 1.165) is 23.1 Å². The number of hydrazone groups is 2. The van der Waals surface area contributed by atoms with Gasteiger partial charge in [-0.25, -0.2) is 19.8 Å². The molecule has 2 aliphatic rings. The number of halogens is 2. The Morgan fingerprint density at radius 2 is 1.79 bits per heavy atom. The SMILES string of the molecule is CCc1ccc2c(C3=NN(CCCOc4ccc(C5=NNC(=O)CC5C)c(F)c4F)C(=O)C3(C)C)ccc(OC)c2n1. The number of carbonyl (C=O) groups is 2. The van der Waals surface area contributed by atoms with Gasteiger partial charge in [-0.2, -0.15) is 14.6 Å². The quantitative estimate of drug-likeness (QED) is 0.361. The van der Waals surface area contributed by atoms with Crippen LogP contribution < -0.4 is 14.9 Å². The second-order valence-electron chi connectivity index (χ2n) is 10.9. The minimum atomic E-state index is -1.13. The molecular weight excluding hydrogens is 544 g/mol. The zero-order valence-electron chi connectivity index (χ0n) is 24.3. The number of amides is 2. The number of methoxy groups -OCH3 is 1. The van der Waals surface area contributed by atoms with Crippen LogP contribution in [0.1, 0.15) is 57.4 Å². The molecule has 1 N–H and O–H groups in total. The Kier molecular flexibility index (Phi) is 7.94. The Balaban J connectivity index is 1.30. The highest BCUT2D eigenvalue weighted by molar-refractivity contribution is 6.23. The van der Waals surface area contributed by atoms with E-state index in [1.165, 1.54) is 17.1 Å². The molecule has 0 bridgehead atoms. The maximum absolute atomic E-state index is 14.9. The summed E-state index contributed by atoms with van der Waals surface area (Å²) in [7, 11) is 1.60. The summed E-state index contributed by atoms with van der Waals surface area (Å²) in [6, 6.07) is 10.4. The largest absolute Gasteiger partial charge is 0.494 e. The van der Waals surface area contributed by atoms with Gasteiger partial charge in [0.25, 0.3) is 5.91 Å². The lowest BCUT2D eigenvalue weighted by molar-refractivity contribution is -0.135. The molecule has 0 saturated carbocycles. The number of nitrogens with zero attached hydrogens (tertiary/aromatic N) is 4. The topological polar surface area (TPSA) is 105 Å². The maximum atomic E-state index is 14.9. The summed E-state index contributed by atoms with van der Waals surface area (Å²) in [5.41, 5.74) is 4.72. The molecule has 0 saturated heterocycles. The second-order valence-corrected chi connectivity index (χ2v) is 10.9. The summed E-state index contributed by atoms with van der Waals surface area (Å²) in [6.07, 6.45) is 1.25. The minimum absolute atomic E-state index is 0.0220. The van der Waals surface area contributed by atoms with Crippen LogP contribution in [0.2, 0.25) is 0 Å². The zero-order chi connectivity index (χ0) is 30.2. The lowest BCUT2D eigenvalue weighted by Crippen LogP contribution is -2.35. The fourth-order valence-corrected chi connectivity index (χ4v) is 5.27. The molecule has 1 atom stereocenters. The number of pyridine rings is 1. The Morgan fingerprint density at radius 3 is 2.50 bits per heavy atom. The standard InChI is InChI=1S/C31H33F2N5O4/c1-6-18-8-9-19-20(10-13-23(41-5)28(19)34-18)29-31(3,4)30(40)38(37-29)14-7-15-42-22-12-11-21(25(32)26(22)33)27-17(2)16-24(39)35-36-27/h8-13,17H,6-7,14-16H2,1-5H3,(H,35,39). The average Bonchev–Trinajstić information content (AvgIpc) is 3.20. The van der Waals surface area contributed by atoms with Crippen molar-refractivity contribution in [2.45, 2.75) is 47.0 Å². The first-order valence-electron chi connectivity index (χ1n) is 13.9. The van der Waals surface area contributed by atoms with Crippen molar-refractivity contribution in [3.05, 3.63) is 64.9 Å². The van der Waals surface area contributed by atoms with E-state index < -0.39 is 17.0 Å². The Bertz CT molecular complexity index is 1640. The van der Waals surface area contributed by atoms with E-state index in [1.807, 2.05) is 45.0 Å². The van der Waals surface area contributed by atoms with Crippen LogP contribution in [-0.2, 0) is 16.0 Å². The molecule has 1 aromatic heterocycles. The first kappa shape index (κ1) is 29.1. The van der Waals surface area contributed by atoms with Crippen molar-refractivity contribution in [1.82, 2.24) is 15.4 Å². The zero-order valence-corrected chi connectivity index (χ0v) is 24.3. The third-order valence-electron chi connectivity index (χ3n) is 7.65. The first-order chi connectivity index (χ1) is 20.1. The molecule has 11 heteroatoms. The van der Waals surface area contributed by atoms with Crippen LogP contribution in [0.25, 0.3) is 10.9 Å². The normalized spacial score (nSPS) is 18.2. The Hall–Kier alpha value is -4.41. The highest BCUT2D eigenvalue weighted by atomic mass is 19.2. The van der Waals surface area contributed by atoms with Gasteiger partial charge in [0, 0.05) is 47.5 Å². The molecule has 2 amide bonds. The summed E-state index contributed by atoms with van der Waals surface area (Å²) in [5, 5.41) is 10.8. The Labute approximate surface area is 242 Å². The van der Waals surface area contributed by atoms with Gasteiger partial charge >= 0.3 is 0 Å². The molecular formula is C31H33F2N5O4. The van der Waals surface area contributed by atoms with Gasteiger partial charge in [0.1, 0.15) is 11.3 Å². The molecule has 3 aromatic rings. The number of aryl methyl sites for hydroxylation is 1. The summed E-state index contributed by atoms with van der Waals surface area (Å²) >= 11 is 0. The smallest absolute Gasteiger partial charge is 0.254 e. The summed E-state index contributed by atoms with van der Waals surface area (Å²) in [5.74, 6) is -2.63. The van der Waals surface area contributed by atoms with Crippen molar-refractivity contribution >= 4 is 34.1 Å². The van der Waals surface area contributed by atoms with Crippen LogP contribution in [0, 0.1) is 23.0 Å². The van der Waals surface area contributed by atoms with Crippen molar-refractivity contribution in [3.63, 3.8) is 0 Å². The lowest BCUT2D eigenvalue weighted by atomic mass is 9.82. The number of hydrogen-bond donors (Lipinski definition) is 1.